The Morgan fingerprint density at radius 3 is 2.66 bits per heavy atom. The summed E-state index contributed by atoms with van der Waals surface area (Å²) in [5.41, 5.74) is 7.98. The number of ether oxygens (including phenoxy) is 2. The first kappa shape index (κ1) is 28.8. The van der Waals surface area contributed by atoms with Crippen LogP contribution in [0.1, 0.15) is 20.3 Å². The number of pyridine rings is 1. The van der Waals surface area contributed by atoms with Crippen molar-refractivity contribution in [1.82, 2.24) is 15.0 Å². The van der Waals surface area contributed by atoms with Gasteiger partial charge in [0.25, 0.3) is 0 Å². The number of nitrogens with zero attached hydrogens (tertiary/aromatic N) is 4. The molecule has 12 heteroatoms. The van der Waals surface area contributed by atoms with E-state index in [1.165, 1.54) is 6.07 Å². The maximum atomic E-state index is 15.8. The van der Waals surface area contributed by atoms with Crippen molar-refractivity contribution < 1.29 is 22.8 Å². The number of halogens is 2. The minimum Gasteiger partial charge on any atom is -0.593 e. The molecule has 0 aliphatic carbocycles. The molecule has 1 saturated heterocycles. The molecule has 0 spiro atoms. The topological polar surface area (TPSA) is 121 Å². The molecule has 1 fully saturated rings. The van der Waals surface area contributed by atoms with E-state index in [1.807, 2.05) is 26.0 Å². The lowest BCUT2D eigenvalue weighted by molar-refractivity contribution is 0.122. The van der Waals surface area contributed by atoms with Crippen molar-refractivity contribution in [2.45, 2.75) is 26.4 Å². The third-order valence-corrected chi connectivity index (χ3v) is 7.57. The number of nitrogen functional groups attached to an aromatic ring is 1. The normalized spacial score (nSPS) is 14.4. The van der Waals surface area contributed by atoms with Crippen LogP contribution in [-0.4, -0.2) is 64.3 Å². The molecule has 2 aromatic heterocycles. The summed E-state index contributed by atoms with van der Waals surface area (Å²) in [6, 6.07) is 11.9. The summed E-state index contributed by atoms with van der Waals surface area (Å²) >= 11 is -1.62. The van der Waals surface area contributed by atoms with Gasteiger partial charge in [-0.3, -0.25) is 4.39 Å². The minimum absolute atomic E-state index is 0.0713. The maximum absolute atomic E-state index is 15.8. The summed E-state index contributed by atoms with van der Waals surface area (Å²) in [4.78, 5) is 16.1. The summed E-state index contributed by atoms with van der Waals surface area (Å²) in [5, 5.41) is 0.691. The van der Waals surface area contributed by atoms with Crippen LogP contribution in [0, 0.1) is 5.82 Å². The predicted octanol–water partition coefficient (Wildman–Crippen LogP) is 5.14. The van der Waals surface area contributed by atoms with Crippen molar-refractivity contribution in [1.29, 1.82) is 0 Å². The van der Waals surface area contributed by atoms with Crippen molar-refractivity contribution in [3.8, 4) is 28.3 Å². The Bertz CT molecular complexity index is 1500. The van der Waals surface area contributed by atoms with Crippen molar-refractivity contribution in [2.24, 2.45) is 0 Å². The van der Waals surface area contributed by atoms with Crippen LogP contribution in [0.2, 0.25) is 0 Å². The fraction of sp³-hybridized carbons (Fsp3) is 0.345. The average molecular weight is 583 g/mol. The number of aromatic nitrogens is 3. The molecule has 3 heterocycles. The molecule has 4 aromatic rings. The number of anilines is 3. The van der Waals surface area contributed by atoms with E-state index in [0.717, 1.165) is 0 Å². The van der Waals surface area contributed by atoms with Crippen LogP contribution in [0.25, 0.3) is 33.4 Å². The number of nitrogens with two attached hydrogens (primary N) is 1. The van der Waals surface area contributed by atoms with Gasteiger partial charge in [-0.2, -0.15) is 0 Å². The second kappa shape index (κ2) is 12.8. The van der Waals surface area contributed by atoms with E-state index < -0.39 is 23.9 Å². The van der Waals surface area contributed by atoms with E-state index in [-0.39, 0.29) is 29.5 Å². The molecule has 216 valence electrons. The van der Waals surface area contributed by atoms with E-state index in [0.29, 0.717) is 71.5 Å². The van der Waals surface area contributed by atoms with Gasteiger partial charge in [-0.25, -0.2) is 24.1 Å². The van der Waals surface area contributed by atoms with Crippen LogP contribution in [0.5, 0.6) is 5.75 Å². The largest absolute Gasteiger partial charge is 0.593 e. The van der Waals surface area contributed by atoms with Gasteiger partial charge in [0.1, 0.15) is 34.3 Å². The Morgan fingerprint density at radius 1 is 1.15 bits per heavy atom. The van der Waals surface area contributed by atoms with E-state index >= 15 is 4.39 Å². The number of nitrogens with one attached hydrogen (secondary N) is 1. The van der Waals surface area contributed by atoms with Crippen molar-refractivity contribution in [3.05, 3.63) is 54.5 Å². The number of hydrogen-bond acceptors (Lipinski definition) is 9. The summed E-state index contributed by atoms with van der Waals surface area (Å²) < 4.78 is 55.2. The Morgan fingerprint density at radius 2 is 1.95 bits per heavy atom. The van der Waals surface area contributed by atoms with Gasteiger partial charge in [0.2, 0.25) is 0 Å². The zero-order chi connectivity index (χ0) is 28.9. The molecule has 0 radical (unpaired) electrons. The van der Waals surface area contributed by atoms with Crippen LogP contribution < -0.4 is 20.1 Å². The molecule has 9 nitrogen and oxygen atoms in total. The lowest BCUT2D eigenvalue weighted by Crippen LogP contribution is -2.37. The summed E-state index contributed by atoms with van der Waals surface area (Å²) in [5.74, 6) is 1.49. The van der Waals surface area contributed by atoms with Crippen LogP contribution >= 0.6 is 0 Å². The molecule has 1 unspecified atom stereocenters. The number of benzene rings is 2. The lowest BCUT2D eigenvalue weighted by Gasteiger charge is -2.29. The number of rotatable bonds is 10. The van der Waals surface area contributed by atoms with Gasteiger partial charge in [0.05, 0.1) is 37.4 Å². The fourth-order valence-corrected chi connectivity index (χ4v) is 5.44. The molecule has 3 N–H and O–H groups in total. The third-order valence-electron chi connectivity index (χ3n) is 6.46. The maximum Gasteiger partial charge on any atom is 0.163 e. The van der Waals surface area contributed by atoms with Gasteiger partial charge < -0.3 is 24.7 Å². The zero-order valence-electron chi connectivity index (χ0n) is 22.9. The molecule has 1 aliphatic rings. The van der Waals surface area contributed by atoms with Crippen molar-refractivity contribution >= 4 is 39.6 Å². The Balaban J connectivity index is 1.68. The summed E-state index contributed by atoms with van der Waals surface area (Å²) in [6.07, 6.45) is 1.57. The second-order valence-electron chi connectivity index (χ2n) is 9.84. The van der Waals surface area contributed by atoms with E-state index in [1.54, 1.807) is 30.5 Å². The van der Waals surface area contributed by atoms with Crippen LogP contribution in [0.4, 0.5) is 26.1 Å². The molecule has 0 amide bonds. The average Bonchev–Trinajstić information content (AvgIpc) is 2.97. The first-order chi connectivity index (χ1) is 19.8. The van der Waals surface area contributed by atoms with E-state index in [2.05, 4.69) is 14.6 Å². The molecular weight excluding hydrogens is 550 g/mol. The van der Waals surface area contributed by atoms with Gasteiger partial charge in [0, 0.05) is 42.2 Å². The monoisotopic (exact) mass is 582 g/mol. The van der Waals surface area contributed by atoms with Gasteiger partial charge in [-0.05, 0) is 49.7 Å². The van der Waals surface area contributed by atoms with E-state index in [9.17, 15) is 8.94 Å². The molecule has 1 aliphatic heterocycles. The van der Waals surface area contributed by atoms with Gasteiger partial charge in [0.15, 0.2) is 11.6 Å². The first-order valence-electron chi connectivity index (χ1n) is 13.4. The standard InChI is InChI=1S/C29H32F2N6O3S/c1-18(2)40-24-16-20(21-5-3-6-23(26(21)31)36-41(38)14-4-9-30)15-22-27(24)34-28(19-7-8-25(32)33-17-19)35-29(22)37-10-12-39-13-11-37/h3,5-8,15-18,36H,4,9-14H2,1-2H3,(H2,32,33). The molecule has 1 atom stereocenters. The lowest BCUT2D eigenvalue weighted by atomic mass is 10.0. The Kier molecular flexibility index (Phi) is 9.01. The Hall–Kier alpha value is -3.74. The highest BCUT2D eigenvalue weighted by atomic mass is 32.2. The van der Waals surface area contributed by atoms with Gasteiger partial charge in [-0.15, -0.1) is 0 Å². The Labute approximate surface area is 240 Å². The summed E-state index contributed by atoms with van der Waals surface area (Å²) in [7, 11) is 0. The van der Waals surface area contributed by atoms with Gasteiger partial charge >= 0.3 is 0 Å². The van der Waals surface area contributed by atoms with Gasteiger partial charge in [-0.1, -0.05) is 12.1 Å². The van der Waals surface area contributed by atoms with Crippen molar-refractivity contribution in [3.63, 3.8) is 0 Å². The highest BCUT2D eigenvalue weighted by molar-refractivity contribution is 7.92. The van der Waals surface area contributed by atoms with Crippen LogP contribution in [0.15, 0.2) is 48.7 Å². The molecule has 5 rings (SSSR count). The number of alkyl halides is 1. The molecule has 0 bridgehead atoms. The van der Waals surface area contributed by atoms with E-state index in [4.69, 9.17) is 25.2 Å². The number of hydrogen-bond donors (Lipinski definition) is 2. The molecule has 2 aromatic carbocycles. The highest BCUT2D eigenvalue weighted by Gasteiger charge is 2.23. The second-order valence-corrected chi connectivity index (χ2v) is 11.1. The summed E-state index contributed by atoms with van der Waals surface area (Å²) in [6.45, 7) is 5.55. The minimum atomic E-state index is -1.62. The van der Waals surface area contributed by atoms with Crippen LogP contribution in [-0.2, 0) is 16.1 Å². The molecular formula is C29H32F2N6O3S. The number of fused-ring (bicyclic) bond motifs is 1. The molecule has 0 saturated carbocycles. The fourth-order valence-electron chi connectivity index (χ4n) is 4.56. The van der Waals surface area contributed by atoms with Crippen molar-refractivity contribution in [2.75, 3.05) is 54.1 Å². The van der Waals surface area contributed by atoms with Crippen LogP contribution in [0.3, 0.4) is 0 Å². The first-order valence-corrected chi connectivity index (χ1v) is 14.7. The SMILES string of the molecule is CC(C)Oc1cc(-c2cccc(N[S+]([O-])CCCF)c2F)cc2c(N3CCOCC3)nc(-c3ccc(N)nc3)nc12. The number of morpholine rings is 1. The smallest absolute Gasteiger partial charge is 0.163 e. The highest BCUT2D eigenvalue weighted by Crippen LogP contribution is 2.39. The molecule has 41 heavy (non-hydrogen) atoms. The quantitative estimate of drug-likeness (QED) is 0.245. The third kappa shape index (κ3) is 6.61. The zero-order valence-corrected chi connectivity index (χ0v) is 23.7. The predicted molar refractivity (Wildman–Crippen MR) is 159 cm³/mol.